The summed E-state index contributed by atoms with van der Waals surface area (Å²) >= 11 is 0. The molecule has 1 rings (SSSR count). The van der Waals surface area contributed by atoms with Gasteiger partial charge in [-0.25, -0.2) is 11.4 Å². The molecule has 0 spiro atoms. The predicted octanol–water partition coefficient (Wildman–Crippen LogP) is 0.787. The summed E-state index contributed by atoms with van der Waals surface area (Å²) in [5.41, 5.74) is 0. The molecule has 1 saturated heterocycles. The summed E-state index contributed by atoms with van der Waals surface area (Å²) in [4.78, 5) is 13.2. The number of cyclic esters (lactones) is 2. The number of nitrogens with zero attached hydrogens (tertiary/aromatic N) is 1. The van der Waals surface area contributed by atoms with E-state index in [9.17, 15) is 4.79 Å². The minimum absolute atomic E-state index is 0.421. The fraction of sp³-hybridized carbons (Fsp3) is 0.600. The van der Waals surface area contributed by atoms with Gasteiger partial charge in [-0.05, 0) is 6.92 Å². The molecule has 0 bridgehead atoms. The molecule has 0 aromatic rings. The Kier molecular flexibility index (Phi) is 1.27. The normalized spacial score (nSPS) is 32.7. The molecule has 1 aliphatic heterocycles. The minimum Gasteiger partial charge on any atom is -0.418 e. The van der Waals surface area contributed by atoms with Crippen molar-refractivity contribution in [2.45, 2.75) is 19.3 Å². The first-order valence-electron chi connectivity index (χ1n) is 2.48. The van der Waals surface area contributed by atoms with Crippen molar-refractivity contribution in [3.8, 4) is 0 Å². The average molecular weight is 127 g/mol. The van der Waals surface area contributed by atoms with Crippen LogP contribution in [0.25, 0.3) is 4.85 Å². The number of carbonyl (C=O) groups excluding carboxylic acids is 1. The van der Waals surface area contributed by atoms with Crippen molar-refractivity contribution in [3.63, 3.8) is 0 Å². The largest absolute Gasteiger partial charge is 0.514 e. The minimum atomic E-state index is -0.747. The van der Waals surface area contributed by atoms with Crippen LogP contribution in [0.3, 0.4) is 0 Å². The van der Waals surface area contributed by atoms with Crippen molar-refractivity contribution in [2.75, 3.05) is 0 Å². The van der Waals surface area contributed by atoms with Gasteiger partial charge in [0.25, 0.3) is 0 Å². The van der Waals surface area contributed by atoms with E-state index in [2.05, 4.69) is 14.3 Å². The van der Waals surface area contributed by atoms with Crippen molar-refractivity contribution in [1.82, 2.24) is 0 Å². The SMILES string of the molecule is [C-]#[N+]C1OC(=O)OC1C. The third kappa shape index (κ3) is 0.941. The van der Waals surface area contributed by atoms with E-state index >= 15 is 0 Å². The van der Waals surface area contributed by atoms with Gasteiger partial charge in [-0.2, -0.15) is 0 Å². The molecular formula is C5H5NO3. The molecular weight excluding hydrogens is 122 g/mol. The van der Waals surface area contributed by atoms with Gasteiger partial charge in [-0.15, -0.1) is 0 Å². The summed E-state index contributed by atoms with van der Waals surface area (Å²) < 4.78 is 8.90. The van der Waals surface area contributed by atoms with Crippen LogP contribution in [0.1, 0.15) is 6.92 Å². The molecule has 0 radical (unpaired) electrons. The van der Waals surface area contributed by atoms with Gasteiger partial charge in [0, 0.05) is 0 Å². The molecule has 0 aromatic carbocycles. The first-order chi connectivity index (χ1) is 4.24. The Hall–Kier alpha value is -1.24. The maximum Gasteiger partial charge on any atom is 0.514 e. The number of hydrogen-bond donors (Lipinski definition) is 0. The van der Waals surface area contributed by atoms with Gasteiger partial charge in [0.2, 0.25) is 6.10 Å². The fourth-order valence-corrected chi connectivity index (χ4v) is 0.563. The van der Waals surface area contributed by atoms with Gasteiger partial charge in [-0.3, -0.25) is 4.85 Å². The van der Waals surface area contributed by atoms with E-state index in [1.807, 2.05) is 0 Å². The van der Waals surface area contributed by atoms with E-state index in [4.69, 9.17) is 6.57 Å². The lowest BCUT2D eigenvalue weighted by molar-refractivity contribution is 0.120. The third-order valence-corrected chi connectivity index (χ3v) is 1.03. The number of carbonyl (C=O) groups is 1. The summed E-state index contributed by atoms with van der Waals surface area (Å²) in [5.74, 6) is 0. The molecule has 0 saturated carbocycles. The quantitative estimate of drug-likeness (QED) is 0.356. The smallest absolute Gasteiger partial charge is 0.418 e. The van der Waals surface area contributed by atoms with E-state index in [0.717, 1.165) is 0 Å². The zero-order chi connectivity index (χ0) is 6.85. The Morgan fingerprint density at radius 2 is 2.33 bits per heavy atom. The number of rotatable bonds is 0. The Morgan fingerprint density at radius 1 is 1.67 bits per heavy atom. The second-order valence-corrected chi connectivity index (χ2v) is 1.71. The first kappa shape index (κ1) is 5.89. The van der Waals surface area contributed by atoms with Crippen molar-refractivity contribution in [2.24, 2.45) is 0 Å². The highest BCUT2D eigenvalue weighted by atomic mass is 16.8. The van der Waals surface area contributed by atoms with Crippen molar-refractivity contribution in [3.05, 3.63) is 11.4 Å². The lowest BCUT2D eigenvalue weighted by Crippen LogP contribution is -2.13. The standard InChI is InChI=1S/C5H5NO3/c1-3-4(6-2)9-5(7)8-3/h3-4H,1H3. The summed E-state index contributed by atoms with van der Waals surface area (Å²) in [6, 6.07) is 0. The van der Waals surface area contributed by atoms with Crippen LogP contribution in [0.15, 0.2) is 0 Å². The van der Waals surface area contributed by atoms with E-state index in [-0.39, 0.29) is 0 Å². The fourth-order valence-electron chi connectivity index (χ4n) is 0.563. The topological polar surface area (TPSA) is 39.9 Å². The van der Waals surface area contributed by atoms with Crippen molar-refractivity contribution < 1.29 is 14.3 Å². The molecule has 0 aliphatic carbocycles. The van der Waals surface area contributed by atoms with Gasteiger partial charge < -0.3 is 9.47 Å². The second-order valence-electron chi connectivity index (χ2n) is 1.71. The van der Waals surface area contributed by atoms with Crippen LogP contribution in [0.5, 0.6) is 0 Å². The van der Waals surface area contributed by atoms with Crippen LogP contribution in [0.2, 0.25) is 0 Å². The zero-order valence-electron chi connectivity index (χ0n) is 4.83. The van der Waals surface area contributed by atoms with E-state index < -0.39 is 18.5 Å². The highest BCUT2D eigenvalue weighted by Gasteiger charge is 2.37. The molecule has 2 unspecified atom stereocenters. The van der Waals surface area contributed by atoms with Gasteiger partial charge in [0.1, 0.15) is 0 Å². The van der Waals surface area contributed by atoms with Gasteiger partial charge in [0.15, 0.2) is 0 Å². The Labute approximate surface area is 52.2 Å². The number of hydrogen-bond acceptors (Lipinski definition) is 3. The third-order valence-electron chi connectivity index (χ3n) is 1.03. The van der Waals surface area contributed by atoms with Crippen LogP contribution >= 0.6 is 0 Å². The van der Waals surface area contributed by atoms with Crippen LogP contribution < -0.4 is 0 Å². The summed E-state index contributed by atoms with van der Waals surface area (Å²) in [6.45, 7) is 8.11. The molecule has 1 aliphatic rings. The second kappa shape index (κ2) is 1.94. The molecule has 0 amide bonds. The van der Waals surface area contributed by atoms with Crippen molar-refractivity contribution in [1.29, 1.82) is 0 Å². The van der Waals surface area contributed by atoms with E-state index in [1.54, 1.807) is 6.92 Å². The monoisotopic (exact) mass is 127 g/mol. The molecule has 0 aromatic heterocycles. The first-order valence-corrected chi connectivity index (χ1v) is 2.48. The highest BCUT2D eigenvalue weighted by molar-refractivity contribution is 5.62. The molecule has 48 valence electrons. The van der Waals surface area contributed by atoms with Crippen LogP contribution in [-0.2, 0) is 9.47 Å². The highest BCUT2D eigenvalue weighted by Crippen LogP contribution is 2.14. The lowest BCUT2D eigenvalue weighted by Gasteiger charge is -1.94. The molecule has 2 atom stereocenters. The van der Waals surface area contributed by atoms with Gasteiger partial charge >= 0.3 is 12.4 Å². The van der Waals surface area contributed by atoms with Gasteiger partial charge in [-0.1, -0.05) is 0 Å². The number of ether oxygens (including phenoxy) is 2. The molecule has 1 fully saturated rings. The zero-order valence-corrected chi connectivity index (χ0v) is 4.83. The van der Waals surface area contributed by atoms with Crippen LogP contribution in [0, 0.1) is 6.57 Å². The van der Waals surface area contributed by atoms with Crippen LogP contribution in [-0.4, -0.2) is 18.5 Å². The maximum atomic E-state index is 10.2. The Balaban J connectivity index is 2.60. The Morgan fingerprint density at radius 3 is 2.56 bits per heavy atom. The summed E-state index contributed by atoms with van der Waals surface area (Å²) in [7, 11) is 0. The Bertz CT molecular complexity index is 172. The predicted molar refractivity (Wildman–Crippen MR) is 27.4 cm³/mol. The molecule has 9 heavy (non-hydrogen) atoms. The molecule has 0 N–H and O–H groups in total. The molecule has 4 heteroatoms. The van der Waals surface area contributed by atoms with Crippen molar-refractivity contribution >= 4 is 6.16 Å². The summed E-state index contributed by atoms with van der Waals surface area (Å²) in [6.07, 6.45) is -1.91. The lowest BCUT2D eigenvalue weighted by atomic mass is 10.4. The molecule has 1 heterocycles. The maximum absolute atomic E-state index is 10.2. The average Bonchev–Trinajstić information content (AvgIpc) is 2.10. The van der Waals surface area contributed by atoms with Gasteiger partial charge in [0.05, 0.1) is 0 Å². The summed E-state index contributed by atoms with van der Waals surface area (Å²) in [5, 5.41) is 0. The van der Waals surface area contributed by atoms with E-state index in [0.29, 0.717) is 0 Å². The van der Waals surface area contributed by atoms with E-state index in [1.165, 1.54) is 0 Å². The van der Waals surface area contributed by atoms with Crippen LogP contribution in [0.4, 0.5) is 4.79 Å². The molecule has 4 nitrogen and oxygen atoms in total.